The van der Waals surface area contributed by atoms with Gasteiger partial charge >= 0.3 is 12.0 Å². The monoisotopic (exact) mass is 565 g/mol. The van der Waals surface area contributed by atoms with Crippen molar-refractivity contribution in [2.24, 2.45) is 0 Å². The molecule has 0 fully saturated rings. The van der Waals surface area contributed by atoms with Crippen LogP contribution in [-0.2, 0) is 11.3 Å². The fraction of sp³-hybridized carbons (Fsp3) is 0.233. The molecule has 202 valence electrons. The number of aromatic nitrogens is 1. The normalized spacial score (nSPS) is 11.6. The predicted molar refractivity (Wildman–Crippen MR) is 155 cm³/mol. The number of nitrogens with zero attached hydrogens (tertiary/aromatic N) is 1. The van der Waals surface area contributed by atoms with E-state index in [0.717, 1.165) is 22.2 Å². The molecule has 9 heteroatoms. The van der Waals surface area contributed by atoms with Gasteiger partial charge in [-0.2, -0.15) is 0 Å². The van der Waals surface area contributed by atoms with Gasteiger partial charge in [-0.05, 0) is 61.7 Å². The van der Waals surface area contributed by atoms with Gasteiger partial charge in [0.1, 0.15) is 17.9 Å². The molecule has 0 aliphatic heterocycles. The topological polar surface area (TPSA) is 89.5 Å². The number of anilines is 1. The molecule has 0 bridgehead atoms. The van der Waals surface area contributed by atoms with Gasteiger partial charge in [0.2, 0.25) is 0 Å². The average Bonchev–Trinajstić information content (AvgIpc) is 2.92. The zero-order valence-electron chi connectivity index (χ0n) is 21.9. The first-order chi connectivity index (χ1) is 18.8. The summed E-state index contributed by atoms with van der Waals surface area (Å²) < 4.78 is 11.1. The van der Waals surface area contributed by atoms with E-state index in [1.54, 1.807) is 37.3 Å². The largest absolute Gasteiger partial charge is 0.487 e. The van der Waals surface area contributed by atoms with E-state index >= 15 is 0 Å². The molecule has 1 heterocycles. The Morgan fingerprint density at radius 2 is 1.82 bits per heavy atom. The highest BCUT2D eigenvalue weighted by molar-refractivity contribution is 6.36. The number of urea groups is 1. The Kier molecular flexibility index (Phi) is 9.28. The summed E-state index contributed by atoms with van der Waals surface area (Å²) in [4.78, 5) is 29.1. The van der Waals surface area contributed by atoms with Crippen LogP contribution >= 0.6 is 23.2 Å². The number of benzene rings is 3. The number of nitrogens with one attached hydrogen (secondary N) is 2. The number of esters is 1. The van der Waals surface area contributed by atoms with Crippen LogP contribution in [0.2, 0.25) is 10.0 Å². The van der Waals surface area contributed by atoms with E-state index in [0.29, 0.717) is 39.2 Å². The highest BCUT2D eigenvalue weighted by atomic mass is 35.5. The maximum absolute atomic E-state index is 12.5. The van der Waals surface area contributed by atoms with E-state index in [2.05, 4.69) is 15.6 Å². The molecule has 39 heavy (non-hydrogen) atoms. The van der Waals surface area contributed by atoms with Crippen LogP contribution in [0, 0.1) is 6.92 Å². The Morgan fingerprint density at radius 1 is 1.03 bits per heavy atom. The smallest absolute Gasteiger partial charge is 0.338 e. The number of carbonyl (C=O) groups excluding carboxylic acids is 2. The van der Waals surface area contributed by atoms with E-state index < -0.39 is 12.0 Å². The van der Waals surface area contributed by atoms with Gasteiger partial charge in [-0.1, -0.05) is 60.5 Å². The van der Waals surface area contributed by atoms with Crippen molar-refractivity contribution in [1.82, 2.24) is 10.3 Å². The molecule has 1 atom stereocenters. The van der Waals surface area contributed by atoms with Crippen LogP contribution in [0.5, 0.6) is 5.75 Å². The van der Waals surface area contributed by atoms with Gasteiger partial charge in [0.25, 0.3) is 0 Å². The molecule has 2 N–H and O–H groups in total. The van der Waals surface area contributed by atoms with Crippen molar-refractivity contribution in [3.05, 3.63) is 99.2 Å². The molecule has 0 spiro atoms. The summed E-state index contributed by atoms with van der Waals surface area (Å²) in [6.07, 6.45) is 0. The molecule has 1 aromatic heterocycles. The summed E-state index contributed by atoms with van der Waals surface area (Å²) in [5, 5.41) is 7.55. The number of fused-ring (bicyclic) bond motifs is 1. The zero-order valence-corrected chi connectivity index (χ0v) is 23.4. The summed E-state index contributed by atoms with van der Waals surface area (Å²) in [6.45, 7) is 6.38. The van der Waals surface area contributed by atoms with Crippen LogP contribution in [0.3, 0.4) is 0 Å². The molecule has 0 saturated heterocycles. The van der Waals surface area contributed by atoms with Crippen molar-refractivity contribution < 1.29 is 19.1 Å². The molecule has 0 saturated carbocycles. The van der Waals surface area contributed by atoms with Gasteiger partial charge < -0.3 is 20.1 Å². The minimum atomic E-state index is -0.445. The van der Waals surface area contributed by atoms with Crippen molar-refractivity contribution in [1.29, 1.82) is 0 Å². The lowest BCUT2D eigenvalue weighted by atomic mass is 9.99. The van der Waals surface area contributed by atoms with Gasteiger partial charge in [0.05, 0.1) is 17.2 Å². The molecule has 4 aromatic rings. The Hall–Kier alpha value is -3.81. The van der Waals surface area contributed by atoms with Crippen molar-refractivity contribution in [3.8, 4) is 5.75 Å². The van der Waals surface area contributed by atoms with Gasteiger partial charge in [0, 0.05) is 33.9 Å². The van der Waals surface area contributed by atoms with Gasteiger partial charge in [-0.15, -0.1) is 0 Å². The molecule has 3 aromatic carbocycles. The number of carbonyl (C=O) groups is 2. The minimum absolute atomic E-state index is 0.119. The molecule has 7 nitrogen and oxygen atoms in total. The first-order valence-corrected chi connectivity index (χ1v) is 13.3. The lowest BCUT2D eigenvalue weighted by Gasteiger charge is -2.18. The van der Waals surface area contributed by atoms with Crippen molar-refractivity contribution in [2.75, 3.05) is 18.5 Å². The Balaban J connectivity index is 1.41. The second kappa shape index (κ2) is 12.8. The predicted octanol–water partition coefficient (Wildman–Crippen LogP) is 7.53. The van der Waals surface area contributed by atoms with Crippen LogP contribution in [0.25, 0.3) is 10.9 Å². The van der Waals surface area contributed by atoms with Gasteiger partial charge in [0.15, 0.2) is 0 Å². The molecule has 2 amide bonds. The lowest BCUT2D eigenvalue weighted by Crippen LogP contribution is -2.32. The number of hydrogen-bond donors (Lipinski definition) is 2. The summed E-state index contributed by atoms with van der Waals surface area (Å²) in [6, 6.07) is 19.5. The van der Waals surface area contributed by atoms with E-state index in [1.807, 2.05) is 50.2 Å². The van der Waals surface area contributed by atoms with Crippen LogP contribution in [0.1, 0.15) is 46.9 Å². The molecule has 0 aliphatic rings. The van der Waals surface area contributed by atoms with Crippen LogP contribution in [0.4, 0.5) is 10.5 Å². The fourth-order valence-electron chi connectivity index (χ4n) is 4.08. The average molecular weight is 566 g/mol. The molecular formula is C30H29Cl2N3O4. The second-order valence-corrected chi connectivity index (χ2v) is 9.82. The Morgan fingerprint density at radius 3 is 2.62 bits per heavy atom. The number of rotatable bonds is 9. The number of ether oxygens (including phenoxy) is 2. The number of aryl methyl sites for hydroxylation is 1. The minimum Gasteiger partial charge on any atom is -0.487 e. The first kappa shape index (κ1) is 28.2. The molecule has 4 rings (SSSR count). The first-order valence-electron chi connectivity index (χ1n) is 12.5. The summed E-state index contributed by atoms with van der Waals surface area (Å²) in [7, 11) is 0. The van der Waals surface area contributed by atoms with E-state index in [9.17, 15) is 9.59 Å². The maximum Gasteiger partial charge on any atom is 0.338 e. The number of halogens is 2. The second-order valence-electron chi connectivity index (χ2n) is 9.04. The molecular weight excluding hydrogens is 537 g/mol. The van der Waals surface area contributed by atoms with Gasteiger partial charge in [-0.25, -0.2) is 14.6 Å². The Labute approximate surface area is 237 Å². The van der Waals surface area contributed by atoms with Crippen molar-refractivity contribution in [2.45, 2.75) is 33.3 Å². The molecule has 0 radical (unpaired) electrons. The molecule has 1 unspecified atom stereocenters. The molecule has 0 aliphatic carbocycles. The SMILES string of the molecule is CCOC(=O)c1cccc(NC(=O)NCC(C)c2ccc(Cl)c(COc3cccc4ccc(C)nc34)c2Cl)c1. The summed E-state index contributed by atoms with van der Waals surface area (Å²) in [5.74, 6) is 0.0818. The van der Waals surface area contributed by atoms with Crippen molar-refractivity contribution in [3.63, 3.8) is 0 Å². The summed E-state index contributed by atoms with van der Waals surface area (Å²) >= 11 is 13.3. The lowest BCUT2D eigenvalue weighted by molar-refractivity contribution is 0.0526. The third kappa shape index (κ3) is 6.99. The third-order valence-electron chi connectivity index (χ3n) is 6.14. The van der Waals surface area contributed by atoms with E-state index in [4.69, 9.17) is 32.7 Å². The number of hydrogen-bond acceptors (Lipinski definition) is 5. The highest BCUT2D eigenvalue weighted by Crippen LogP contribution is 2.34. The third-order valence-corrected chi connectivity index (χ3v) is 6.94. The summed E-state index contributed by atoms with van der Waals surface area (Å²) in [5.41, 5.74) is 4.00. The fourth-order valence-corrected chi connectivity index (χ4v) is 4.75. The van der Waals surface area contributed by atoms with Crippen LogP contribution in [0.15, 0.2) is 66.7 Å². The quantitative estimate of drug-likeness (QED) is 0.205. The van der Waals surface area contributed by atoms with Crippen LogP contribution in [-0.4, -0.2) is 30.1 Å². The van der Waals surface area contributed by atoms with E-state index in [-0.39, 0.29) is 19.1 Å². The maximum atomic E-state index is 12.5. The standard InChI is InChI=1S/C30H29Cl2N3O4/c1-4-38-29(36)21-8-5-9-22(15-21)35-30(37)33-16-18(2)23-13-14-25(31)24(27(23)32)17-39-26-10-6-7-20-12-11-19(3)34-28(20)26/h5-15,18H,4,16-17H2,1-3H3,(H2,33,35,37). The number of pyridine rings is 1. The van der Waals surface area contributed by atoms with E-state index in [1.165, 1.54) is 0 Å². The number of para-hydroxylation sites is 1. The Bertz CT molecular complexity index is 1510. The van der Waals surface area contributed by atoms with Crippen LogP contribution < -0.4 is 15.4 Å². The van der Waals surface area contributed by atoms with Crippen molar-refractivity contribution >= 4 is 51.8 Å². The highest BCUT2D eigenvalue weighted by Gasteiger charge is 2.18. The van der Waals surface area contributed by atoms with Gasteiger partial charge in [-0.3, -0.25) is 0 Å². The zero-order chi connectivity index (χ0) is 27.9. The number of amides is 2.